The molecule has 2 aliphatic rings. The summed E-state index contributed by atoms with van der Waals surface area (Å²) in [5, 5.41) is 0. The largest absolute Gasteiger partial charge is 0.147 e. The maximum absolute atomic E-state index is 2.63. The van der Waals surface area contributed by atoms with Crippen LogP contribution in [0.3, 0.4) is 0 Å². The van der Waals surface area contributed by atoms with Gasteiger partial charge >= 0.3 is 0 Å². The van der Waals surface area contributed by atoms with Crippen LogP contribution < -0.4 is 0 Å². The fourth-order valence-electron chi connectivity index (χ4n) is 4.51. The van der Waals surface area contributed by atoms with E-state index >= 15 is 0 Å². The van der Waals surface area contributed by atoms with Crippen molar-refractivity contribution in [3.8, 4) is 0 Å². The molecule has 0 aromatic rings. The van der Waals surface area contributed by atoms with Gasteiger partial charge in [0.05, 0.1) is 23.6 Å². The molecule has 2 unspecified atom stereocenters. The summed E-state index contributed by atoms with van der Waals surface area (Å²) in [4.78, 5) is 0. The first-order valence-electron chi connectivity index (χ1n) is 9.54. The van der Waals surface area contributed by atoms with Crippen molar-refractivity contribution in [2.75, 3.05) is 23.0 Å². The molecule has 2 rings (SSSR count). The maximum atomic E-state index is 2.63. The number of thioether (sulfide) groups is 4. The van der Waals surface area contributed by atoms with Crippen LogP contribution in [0.2, 0.25) is 39.3 Å². The predicted octanol–water partition coefficient (Wildman–Crippen LogP) is 7.15. The standard InChI is InChI=1S/C18H38S4Si2/c1-15(17(23(3,4)5)19-11-9-12-20-17)16(2)18(24(6,7)8)21-13-10-14-22-18/h15-16H,9-14H2,1-8H3. The van der Waals surface area contributed by atoms with Gasteiger partial charge in [0.25, 0.3) is 0 Å². The average Bonchev–Trinajstić information content (AvgIpc) is 2.52. The van der Waals surface area contributed by atoms with E-state index in [0.717, 1.165) is 11.8 Å². The molecule has 0 N–H and O–H groups in total. The summed E-state index contributed by atoms with van der Waals surface area (Å²) < 4.78 is 1.02. The van der Waals surface area contributed by atoms with E-state index in [1.54, 1.807) is 0 Å². The fraction of sp³-hybridized carbons (Fsp3) is 1.00. The number of hydrogen-bond donors (Lipinski definition) is 0. The third-order valence-corrected chi connectivity index (χ3v) is 26.6. The molecule has 0 amide bonds. The van der Waals surface area contributed by atoms with E-state index in [1.807, 2.05) is 0 Å². The van der Waals surface area contributed by atoms with Gasteiger partial charge in [-0.15, -0.1) is 47.0 Å². The summed E-state index contributed by atoms with van der Waals surface area (Å²) in [6.07, 6.45) is 2.82. The minimum atomic E-state index is -1.27. The van der Waals surface area contributed by atoms with E-state index in [-0.39, 0.29) is 0 Å². The van der Waals surface area contributed by atoms with Crippen molar-refractivity contribution in [3.05, 3.63) is 0 Å². The van der Waals surface area contributed by atoms with Gasteiger partial charge in [0.2, 0.25) is 0 Å². The van der Waals surface area contributed by atoms with Crippen LogP contribution >= 0.6 is 47.0 Å². The molecule has 2 heterocycles. The van der Waals surface area contributed by atoms with Crippen molar-refractivity contribution in [2.24, 2.45) is 11.8 Å². The van der Waals surface area contributed by atoms with Crippen molar-refractivity contribution in [2.45, 2.75) is 73.4 Å². The molecule has 0 nitrogen and oxygen atoms in total. The predicted molar refractivity (Wildman–Crippen MR) is 130 cm³/mol. The SMILES string of the molecule is CC(C(C)C1([Si](C)(C)C)SCCCS1)C1([Si](C)(C)C)SCCCS1. The van der Waals surface area contributed by atoms with Crippen molar-refractivity contribution in [1.82, 2.24) is 0 Å². The zero-order chi connectivity index (χ0) is 18.2. The van der Waals surface area contributed by atoms with Gasteiger partial charge in [0.15, 0.2) is 0 Å². The molecule has 0 saturated carbocycles. The summed E-state index contributed by atoms with van der Waals surface area (Å²) in [5.41, 5.74) is 0. The lowest BCUT2D eigenvalue weighted by Gasteiger charge is -2.57. The van der Waals surface area contributed by atoms with Crippen LogP contribution in [0.15, 0.2) is 0 Å². The smallest absolute Gasteiger partial charge is 0.0755 e. The molecule has 2 atom stereocenters. The molecule has 2 saturated heterocycles. The van der Waals surface area contributed by atoms with Crippen LogP contribution in [0.5, 0.6) is 0 Å². The zero-order valence-electron chi connectivity index (χ0n) is 17.0. The van der Waals surface area contributed by atoms with Crippen LogP contribution in [0.25, 0.3) is 0 Å². The summed E-state index contributed by atoms with van der Waals surface area (Å²) in [5.74, 6) is 7.15. The molecule has 24 heavy (non-hydrogen) atoms. The molecular weight excluding hydrogens is 401 g/mol. The van der Waals surface area contributed by atoms with Gasteiger partial charge < -0.3 is 0 Å². The van der Waals surface area contributed by atoms with E-state index in [9.17, 15) is 0 Å². The third-order valence-electron chi connectivity index (χ3n) is 5.88. The van der Waals surface area contributed by atoms with Gasteiger partial charge in [0.1, 0.15) is 0 Å². The second-order valence-corrected chi connectivity index (χ2v) is 27.4. The van der Waals surface area contributed by atoms with Crippen LogP contribution in [-0.4, -0.2) is 46.6 Å². The highest BCUT2D eigenvalue weighted by Gasteiger charge is 2.58. The maximum Gasteiger partial charge on any atom is 0.0755 e. The summed E-state index contributed by atoms with van der Waals surface area (Å²) in [6.45, 7) is 21.0. The Morgan fingerprint density at radius 2 is 0.833 bits per heavy atom. The molecule has 6 heteroatoms. The Morgan fingerprint density at radius 3 is 1.04 bits per heavy atom. The Hall–Kier alpha value is 1.83. The van der Waals surface area contributed by atoms with Gasteiger partial charge in [-0.05, 0) is 47.7 Å². The third kappa shape index (κ3) is 3.99. The minimum Gasteiger partial charge on any atom is -0.147 e. The van der Waals surface area contributed by atoms with E-state index in [2.05, 4.69) is 100 Å². The second kappa shape index (κ2) is 8.06. The highest BCUT2D eigenvalue weighted by molar-refractivity contribution is 8.22. The lowest BCUT2D eigenvalue weighted by molar-refractivity contribution is 0.398. The monoisotopic (exact) mass is 438 g/mol. The first-order chi connectivity index (χ1) is 11.0. The molecule has 142 valence electrons. The van der Waals surface area contributed by atoms with E-state index in [0.29, 0.717) is 7.40 Å². The second-order valence-electron chi connectivity index (χ2n) is 9.51. The Bertz CT molecular complexity index is 376. The molecular formula is C18H38S4Si2. The van der Waals surface area contributed by atoms with Gasteiger partial charge in [-0.25, -0.2) is 0 Å². The van der Waals surface area contributed by atoms with Crippen LogP contribution in [0, 0.1) is 11.8 Å². The normalized spacial score (nSPS) is 27.5. The average molecular weight is 439 g/mol. The van der Waals surface area contributed by atoms with Gasteiger partial charge in [-0.1, -0.05) is 53.1 Å². The lowest BCUT2D eigenvalue weighted by atomic mass is 9.98. The fourth-order valence-corrected chi connectivity index (χ4v) is 22.2. The molecule has 0 aliphatic carbocycles. The van der Waals surface area contributed by atoms with Crippen molar-refractivity contribution in [3.63, 3.8) is 0 Å². The first kappa shape index (κ1) is 22.1. The van der Waals surface area contributed by atoms with Crippen LogP contribution in [0.4, 0.5) is 0 Å². The van der Waals surface area contributed by atoms with Gasteiger partial charge in [-0.3, -0.25) is 0 Å². The lowest BCUT2D eigenvalue weighted by Crippen LogP contribution is -2.61. The van der Waals surface area contributed by atoms with E-state index in [1.165, 1.54) is 35.9 Å². The highest BCUT2D eigenvalue weighted by Crippen LogP contribution is 2.61. The van der Waals surface area contributed by atoms with E-state index in [4.69, 9.17) is 0 Å². The molecule has 2 aliphatic heterocycles. The molecule has 0 radical (unpaired) electrons. The van der Waals surface area contributed by atoms with Crippen molar-refractivity contribution >= 4 is 63.2 Å². The number of rotatable bonds is 5. The molecule has 0 aromatic carbocycles. The van der Waals surface area contributed by atoms with Crippen molar-refractivity contribution in [1.29, 1.82) is 0 Å². The number of hydrogen-bond acceptors (Lipinski definition) is 4. The Balaban J connectivity index is 2.38. The summed E-state index contributed by atoms with van der Waals surface area (Å²) in [6, 6.07) is 0. The Labute approximate surface area is 170 Å². The molecule has 2 fully saturated rings. The molecule has 0 spiro atoms. The first-order valence-corrected chi connectivity index (χ1v) is 20.5. The summed E-state index contributed by atoms with van der Waals surface area (Å²) in [7, 11) is -2.53. The van der Waals surface area contributed by atoms with E-state index < -0.39 is 16.1 Å². The zero-order valence-corrected chi connectivity index (χ0v) is 22.3. The topological polar surface area (TPSA) is 0 Å². The van der Waals surface area contributed by atoms with Crippen LogP contribution in [-0.2, 0) is 0 Å². The molecule has 0 aromatic heterocycles. The van der Waals surface area contributed by atoms with Crippen molar-refractivity contribution < 1.29 is 0 Å². The Morgan fingerprint density at radius 1 is 0.583 bits per heavy atom. The molecule has 0 bridgehead atoms. The quantitative estimate of drug-likeness (QED) is 0.418. The van der Waals surface area contributed by atoms with Crippen LogP contribution in [0.1, 0.15) is 26.7 Å². The van der Waals surface area contributed by atoms with Gasteiger partial charge in [-0.2, -0.15) is 0 Å². The highest BCUT2D eigenvalue weighted by atomic mass is 32.2. The van der Waals surface area contributed by atoms with Gasteiger partial charge in [0, 0.05) is 0 Å². The Kier molecular flexibility index (Phi) is 7.43. The summed E-state index contributed by atoms with van der Waals surface area (Å²) >= 11 is 9.40. The minimum absolute atomic E-state index is 0.510.